The van der Waals surface area contributed by atoms with E-state index in [0.717, 1.165) is 43.4 Å². The third-order valence-electron chi connectivity index (χ3n) is 3.31. The van der Waals surface area contributed by atoms with E-state index in [1.54, 1.807) is 0 Å². The van der Waals surface area contributed by atoms with Crippen LogP contribution >= 0.6 is 11.6 Å². The lowest BCUT2D eigenvalue weighted by molar-refractivity contribution is 0.141. The van der Waals surface area contributed by atoms with Crippen LogP contribution in [0.3, 0.4) is 0 Å². The minimum atomic E-state index is 0.466. The Morgan fingerprint density at radius 2 is 1.67 bits per heavy atom. The molecule has 1 aromatic rings. The van der Waals surface area contributed by atoms with Gasteiger partial charge < -0.3 is 14.4 Å². The quantitative estimate of drug-likeness (QED) is 0.490. The highest BCUT2D eigenvalue weighted by Crippen LogP contribution is 2.24. The molecule has 0 N–H and O–H groups in total. The third-order valence-corrected chi connectivity index (χ3v) is 3.57. The molecule has 120 valence electrons. The molecule has 0 radical (unpaired) electrons. The fourth-order valence-corrected chi connectivity index (χ4v) is 2.56. The lowest BCUT2D eigenvalue weighted by Gasteiger charge is -2.26. The van der Waals surface area contributed by atoms with Crippen LogP contribution in [0.4, 0.5) is 5.82 Å². The van der Waals surface area contributed by atoms with Crippen LogP contribution in [0.25, 0.3) is 0 Å². The van der Waals surface area contributed by atoms with Crippen molar-refractivity contribution in [3.05, 3.63) is 22.9 Å². The van der Waals surface area contributed by atoms with E-state index >= 15 is 0 Å². The average molecular weight is 315 g/mol. The number of aryl methyl sites for hydroxylation is 2. The largest absolute Gasteiger partial charge is 0.380 e. The van der Waals surface area contributed by atoms with Gasteiger partial charge in [-0.15, -0.1) is 11.6 Å². The fraction of sp³-hybridized carbons (Fsp3) is 0.688. The van der Waals surface area contributed by atoms with E-state index in [0.29, 0.717) is 19.1 Å². The Kier molecular flexibility index (Phi) is 8.66. The van der Waals surface area contributed by atoms with E-state index in [-0.39, 0.29) is 0 Å². The van der Waals surface area contributed by atoms with Gasteiger partial charge in [-0.2, -0.15) is 0 Å². The smallest absolute Gasteiger partial charge is 0.133 e. The number of alkyl halides is 1. The van der Waals surface area contributed by atoms with Crippen molar-refractivity contribution in [2.24, 2.45) is 0 Å². The molecular formula is C16H27ClN2O2. The van der Waals surface area contributed by atoms with Crippen molar-refractivity contribution in [1.29, 1.82) is 0 Å². The monoisotopic (exact) mass is 314 g/mol. The molecule has 0 aromatic carbocycles. The fourth-order valence-electron chi connectivity index (χ4n) is 2.23. The van der Waals surface area contributed by atoms with Crippen LogP contribution in [0.1, 0.15) is 30.7 Å². The van der Waals surface area contributed by atoms with Crippen LogP contribution in [-0.4, -0.2) is 44.5 Å². The average Bonchev–Trinajstić information content (AvgIpc) is 2.45. The first-order chi connectivity index (χ1) is 10.1. The highest BCUT2D eigenvalue weighted by atomic mass is 35.5. The molecule has 0 amide bonds. The molecule has 4 nitrogen and oxygen atoms in total. The van der Waals surface area contributed by atoms with Gasteiger partial charge in [-0.3, -0.25) is 0 Å². The first-order valence-electron chi connectivity index (χ1n) is 7.57. The molecule has 0 aliphatic heterocycles. The van der Waals surface area contributed by atoms with Gasteiger partial charge in [0.25, 0.3) is 0 Å². The van der Waals surface area contributed by atoms with Crippen molar-refractivity contribution < 1.29 is 9.47 Å². The Balaban J connectivity index is 2.94. The summed E-state index contributed by atoms with van der Waals surface area (Å²) in [6.45, 7) is 12.5. The van der Waals surface area contributed by atoms with Gasteiger partial charge in [0, 0.05) is 37.6 Å². The second-order valence-electron chi connectivity index (χ2n) is 4.90. The summed E-state index contributed by atoms with van der Waals surface area (Å²) in [5, 5.41) is 0. The number of hydrogen-bond acceptors (Lipinski definition) is 4. The van der Waals surface area contributed by atoms with Crippen LogP contribution < -0.4 is 4.90 Å². The summed E-state index contributed by atoms with van der Waals surface area (Å²) in [5.41, 5.74) is 3.29. The van der Waals surface area contributed by atoms with Crippen molar-refractivity contribution in [3.8, 4) is 0 Å². The predicted molar refractivity (Wildman–Crippen MR) is 88.5 cm³/mol. The molecule has 0 atom stereocenters. The number of nitrogens with zero attached hydrogens (tertiary/aromatic N) is 2. The highest BCUT2D eigenvalue weighted by Gasteiger charge is 2.15. The summed E-state index contributed by atoms with van der Waals surface area (Å²) < 4.78 is 11.0. The van der Waals surface area contributed by atoms with E-state index in [9.17, 15) is 0 Å². The number of halogens is 1. The minimum Gasteiger partial charge on any atom is -0.380 e. The summed E-state index contributed by atoms with van der Waals surface area (Å²) >= 11 is 6.13. The van der Waals surface area contributed by atoms with Crippen molar-refractivity contribution in [1.82, 2.24) is 4.98 Å². The lowest BCUT2D eigenvalue weighted by Crippen LogP contribution is -2.33. The Bertz CT molecular complexity index is 417. The van der Waals surface area contributed by atoms with Crippen molar-refractivity contribution in [3.63, 3.8) is 0 Å². The standard InChI is InChI=1S/C16H27ClN2O2/c1-5-20-9-7-19(8-10-21-6-2)16-15(12-17)13(3)11-14(4)18-16/h11H,5-10,12H2,1-4H3. The normalized spacial score (nSPS) is 10.9. The highest BCUT2D eigenvalue weighted by molar-refractivity contribution is 6.17. The number of hydrogen-bond donors (Lipinski definition) is 0. The number of ether oxygens (including phenoxy) is 2. The number of anilines is 1. The Morgan fingerprint density at radius 1 is 1.10 bits per heavy atom. The molecular weight excluding hydrogens is 288 g/mol. The van der Waals surface area contributed by atoms with E-state index in [2.05, 4.69) is 17.9 Å². The molecule has 0 saturated carbocycles. The van der Waals surface area contributed by atoms with E-state index in [1.165, 1.54) is 5.56 Å². The van der Waals surface area contributed by atoms with E-state index < -0.39 is 0 Å². The number of pyridine rings is 1. The molecule has 0 unspecified atom stereocenters. The summed E-state index contributed by atoms with van der Waals surface area (Å²) in [6.07, 6.45) is 0. The molecule has 0 aliphatic carbocycles. The van der Waals surface area contributed by atoms with Crippen LogP contribution in [0.5, 0.6) is 0 Å². The van der Waals surface area contributed by atoms with Crippen molar-refractivity contribution in [2.75, 3.05) is 44.4 Å². The lowest BCUT2D eigenvalue weighted by atomic mass is 10.1. The first kappa shape index (κ1) is 18.2. The minimum absolute atomic E-state index is 0.466. The molecule has 21 heavy (non-hydrogen) atoms. The first-order valence-corrected chi connectivity index (χ1v) is 8.10. The maximum Gasteiger partial charge on any atom is 0.133 e. The summed E-state index contributed by atoms with van der Waals surface area (Å²) in [4.78, 5) is 6.90. The van der Waals surface area contributed by atoms with Gasteiger partial charge in [0.05, 0.1) is 19.1 Å². The Hall–Kier alpha value is -0.840. The second-order valence-corrected chi connectivity index (χ2v) is 5.16. The zero-order valence-corrected chi connectivity index (χ0v) is 14.4. The van der Waals surface area contributed by atoms with Gasteiger partial charge in [-0.1, -0.05) is 0 Å². The zero-order chi connectivity index (χ0) is 15.7. The van der Waals surface area contributed by atoms with Gasteiger partial charge in [0.15, 0.2) is 0 Å². The Morgan fingerprint density at radius 3 is 2.14 bits per heavy atom. The van der Waals surface area contributed by atoms with Gasteiger partial charge >= 0.3 is 0 Å². The molecule has 1 rings (SSSR count). The van der Waals surface area contributed by atoms with Gasteiger partial charge in [0.1, 0.15) is 5.82 Å². The molecule has 0 aliphatic rings. The third kappa shape index (κ3) is 5.81. The van der Waals surface area contributed by atoms with E-state index in [4.69, 9.17) is 26.1 Å². The molecule has 0 fully saturated rings. The topological polar surface area (TPSA) is 34.6 Å². The van der Waals surface area contributed by atoms with Gasteiger partial charge in [0.2, 0.25) is 0 Å². The number of rotatable bonds is 10. The SMILES string of the molecule is CCOCCN(CCOCC)c1nc(C)cc(C)c1CCl. The maximum absolute atomic E-state index is 6.13. The Labute approximate surface area is 133 Å². The van der Waals surface area contributed by atoms with Crippen LogP contribution in [-0.2, 0) is 15.4 Å². The molecule has 0 bridgehead atoms. The predicted octanol–water partition coefficient (Wildman–Crippen LogP) is 3.32. The van der Waals surface area contributed by atoms with Crippen LogP contribution in [0, 0.1) is 13.8 Å². The van der Waals surface area contributed by atoms with Gasteiger partial charge in [-0.05, 0) is 39.3 Å². The van der Waals surface area contributed by atoms with Crippen LogP contribution in [0.2, 0.25) is 0 Å². The zero-order valence-electron chi connectivity index (χ0n) is 13.6. The van der Waals surface area contributed by atoms with Crippen molar-refractivity contribution in [2.45, 2.75) is 33.6 Å². The summed E-state index contributed by atoms with van der Waals surface area (Å²) in [5.74, 6) is 1.43. The summed E-state index contributed by atoms with van der Waals surface area (Å²) in [6, 6.07) is 2.07. The maximum atomic E-state index is 6.13. The summed E-state index contributed by atoms with van der Waals surface area (Å²) in [7, 11) is 0. The number of aromatic nitrogens is 1. The molecule has 1 heterocycles. The van der Waals surface area contributed by atoms with Gasteiger partial charge in [-0.25, -0.2) is 4.98 Å². The molecule has 0 saturated heterocycles. The van der Waals surface area contributed by atoms with E-state index in [1.807, 2.05) is 20.8 Å². The van der Waals surface area contributed by atoms with Crippen molar-refractivity contribution >= 4 is 17.4 Å². The molecule has 1 aromatic heterocycles. The molecule has 5 heteroatoms. The molecule has 0 spiro atoms. The second kappa shape index (κ2) is 9.98. The van der Waals surface area contributed by atoms with Crippen LogP contribution in [0.15, 0.2) is 6.07 Å².